The van der Waals surface area contributed by atoms with Crippen LogP contribution in [0, 0.1) is 10.1 Å². The summed E-state index contributed by atoms with van der Waals surface area (Å²) in [7, 11) is -1.36. The minimum Gasteiger partial charge on any atom is -0.369 e. The average Bonchev–Trinajstić information content (AvgIpc) is 2.20. The van der Waals surface area contributed by atoms with E-state index >= 15 is 0 Å². The lowest BCUT2D eigenvalue weighted by Crippen LogP contribution is -2.27. The molecular formula is C8H9ClN2O5S. The molecule has 0 aromatic heterocycles. The van der Waals surface area contributed by atoms with Crippen molar-refractivity contribution < 1.29 is 17.5 Å². The molecule has 1 aromatic rings. The second-order valence-electron chi connectivity index (χ2n) is 3.20. The number of benzene rings is 1. The van der Waals surface area contributed by atoms with Crippen molar-refractivity contribution in [2.24, 2.45) is 0 Å². The zero-order valence-corrected chi connectivity index (χ0v) is 10.5. The molecule has 0 amide bonds. The number of nitro groups is 1. The van der Waals surface area contributed by atoms with Gasteiger partial charge in [0.1, 0.15) is 0 Å². The van der Waals surface area contributed by atoms with Gasteiger partial charge in [0, 0.05) is 26.2 Å². The van der Waals surface area contributed by atoms with Crippen LogP contribution in [0.15, 0.2) is 18.2 Å². The lowest BCUT2D eigenvalue weighted by molar-refractivity contribution is -0.384. The molecule has 1 rings (SSSR count). The number of rotatable bonds is 4. The Kier molecular flexibility index (Phi) is 3.91. The van der Waals surface area contributed by atoms with Crippen LogP contribution in [0.4, 0.5) is 5.69 Å². The molecule has 17 heavy (non-hydrogen) atoms. The first-order chi connectivity index (χ1) is 7.74. The lowest BCUT2D eigenvalue weighted by atomic mass is 10.3. The largest absolute Gasteiger partial charge is 0.384 e. The Hall–Kier alpha value is -1.38. The van der Waals surface area contributed by atoms with Crippen molar-refractivity contribution in [3.05, 3.63) is 33.3 Å². The highest BCUT2D eigenvalue weighted by molar-refractivity contribution is 7.84. The van der Waals surface area contributed by atoms with E-state index in [-0.39, 0.29) is 16.5 Å². The zero-order chi connectivity index (χ0) is 13.2. The highest BCUT2D eigenvalue weighted by Gasteiger charge is 2.19. The molecule has 9 heteroatoms. The third-order valence-electron chi connectivity index (χ3n) is 1.77. The van der Waals surface area contributed by atoms with Crippen LogP contribution in [0.3, 0.4) is 0 Å². The first kappa shape index (κ1) is 13.7. The molecule has 0 spiro atoms. The van der Waals surface area contributed by atoms with Crippen LogP contribution in [0.1, 0.15) is 0 Å². The van der Waals surface area contributed by atoms with Crippen molar-refractivity contribution in [2.45, 2.75) is 0 Å². The fourth-order valence-electron chi connectivity index (χ4n) is 0.859. The van der Waals surface area contributed by atoms with Crippen LogP contribution < -0.4 is 4.18 Å². The number of hydrogen-bond donors (Lipinski definition) is 0. The van der Waals surface area contributed by atoms with Gasteiger partial charge in [-0.15, -0.1) is 0 Å². The van der Waals surface area contributed by atoms with Gasteiger partial charge in [-0.1, -0.05) is 11.6 Å². The van der Waals surface area contributed by atoms with Gasteiger partial charge in [-0.05, 0) is 6.07 Å². The van der Waals surface area contributed by atoms with Gasteiger partial charge in [-0.3, -0.25) is 10.1 Å². The molecule has 0 aliphatic carbocycles. The predicted molar refractivity (Wildman–Crippen MR) is 61.3 cm³/mol. The van der Waals surface area contributed by atoms with Crippen LogP contribution in [0.25, 0.3) is 0 Å². The Bertz CT molecular complexity index is 543. The molecule has 1 aromatic carbocycles. The van der Waals surface area contributed by atoms with Crippen molar-refractivity contribution in [2.75, 3.05) is 14.1 Å². The average molecular weight is 281 g/mol. The molecule has 0 saturated carbocycles. The predicted octanol–water partition coefficient (Wildman–Crippen LogP) is 1.43. The molecule has 0 bridgehead atoms. The van der Waals surface area contributed by atoms with E-state index in [0.29, 0.717) is 0 Å². The minimum absolute atomic E-state index is 0.148. The Balaban J connectivity index is 3.06. The monoisotopic (exact) mass is 280 g/mol. The van der Waals surface area contributed by atoms with E-state index in [1.165, 1.54) is 14.1 Å². The van der Waals surface area contributed by atoms with E-state index in [0.717, 1.165) is 22.5 Å². The maximum Gasteiger partial charge on any atom is 0.384 e. The van der Waals surface area contributed by atoms with Crippen molar-refractivity contribution >= 4 is 27.6 Å². The molecule has 0 unspecified atom stereocenters. The van der Waals surface area contributed by atoms with Gasteiger partial charge in [-0.25, -0.2) is 0 Å². The van der Waals surface area contributed by atoms with Crippen molar-refractivity contribution in [3.8, 4) is 5.75 Å². The van der Waals surface area contributed by atoms with Gasteiger partial charge < -0.3 is 4.18 Å². The van der Waals surface area contributed by atoms with E-state index in [1.807, 2.05) is 0 Å². The van der Waals surface area contributed by atoms with Crippen LogP contribution in [-0.2, 0) is 10.3 Å². The van der Waals surface area contributed by atoms with E-state index in [9.17, 15) is 18.5 Å². The summed E-state index contributed by atoms with van der Waals surface area (Å²) >= 11 is 5.67. The third-order valence-corrected chi connectivity index (χ3v) is 3.35. The lowest BCUT2D eigenvalue weighted by Gasteiger charge is -2.12. The number of non-ortho nitro benzene ring substituents is 1. The molecule has 0 N–H and O–H groups in total. The standard InChI is InChI=1S/C8H9ClN2O5S/c1-10(2)17(14,15)16-8-4-3-6(11(12)13)5-7(8)9/h3-5H,1-2H3. The van der Waals surface area contributed by atoms with Crippen LogP contribution in [-0.4, -0.2) is 31.7 Å². The first-order valence-corrected chi connectivity index (χ1v) is 6.04. The molecule has 0 heterocycles. The molecule has 0 atom stereocenters. The fourth-order valence-corrected chi connectivity index (χ4v) is 1.64. The molecule has 0 aliphatic rings. The summed E-state index contributed by atoms with van der Waals surface area (Å²) in [6, 6.07) is 3.25. The first-order valence-electron chi connectivity index (χ1n) is 4.30. The minimum atomic E-state index is -3.93. The second-order valence-corrected chi connectivity index (χ2v) is 5.35. The Morgan fingerprint density at radius 2 is 2.00 bits per heavy atom. The van der Waals surface area contributed by atoms with Crippen LogP contribution in [0.2, 0.25) is 5.02 Å². The summed E-state index contributed by atoms with van der Waals surface area (Å²) in [6.07, 6.45) is 0. The molecular weight excluding hydrogens is 272 g/mol. The molecule has 0 aliphatic heterocycles. The summed E-state index contributed by atoms with van der Waals surface area (Å²) in [6.45, 7) is 0. The molecule has 0 saturated heterocycles. The SMILES string of the molecule is CN(C)S(=O)(=O)Oc1ccc([N+](=O)[O-])cc1Cl. The third kappa shape index (κ3) is 3.29. The molecule has 0 radical (unpaired) electrons. The van der Waals surface area contributed by atoms with Gasteiger partial charge in [0.25, 0.3) is 5.69 Å². The Morgan fingerprint density at radius 1 is 1.41 bits per heavy atom. The smallest absolute Gasteiger partial charge is 0.369 e. The van der Waals surface area contributed by atoms with Crippen LogP contribution in [0.5, 0.6) is 5.75 Å². The summed E-state index contributed by atoms with van der Waals surface area (Å²) in [4.78, 5) is 9.79. The quantitative estimate of drug-likeness (QED) is 0.615. The van der Waals surface area contributed by atoms with Gasteiger partial charge in [0.2, 0.25) is 0 Å². The maximum atomic E-state index is 11.4. The maximum absolute atomic E-state index is 11.4. The fraction of sp³-hybridized carbons (Fsp3) is 0.250. The van der Waals surface area contributed by atoms with Crippen molar-refractivity contribution in [1.29, 1.82) is 0 Å². The number of nitro benzene ring substituents is 1. The van der Waals surface area contributed by atoms with Crippen molar-refractivity contribution in [3.63, 3.8) is 0 Å². The normalized spacial score (nSPS) is 11.5. The van der Waals surface area contributed by atoms with Gasteiger partial charge in [-0.2, -0.15) is 12.7 Å². The highest BCUT2D eigenvalue weighted by atomic mass is 35.5. The van der Waals surface area contributed by atoms with E-state index in [1.54, 1.807) is 0 Å². The van der Waals surface area contributed by atoms with E-state index in [4.69, 9.17) is 11.6 Å². The molecule has 94 valence electrons. The highest BCUT2D eigenvalue weighted by Crippen LogP contribution is 2.29. The molecule has 0 fully saturated rings. The summed E-state index contributed by atoms with van der Waals surface area (Å²) in [5.74, 6) is -0.161. The number of halogens is 1. The molecule has 7 nitrogen and oxygen atoms in total. The summed E-state index contributed by atoms with van der Waals surface area (Å²) in [5.41, 5.74) is -0.246. The summed E-state index contributed by atoms with van der Waals surface area (Å²) < 4.78 is 28.3. The number of hydrogen-bond acceptors (Lipinski definition) is 5. The van der Waals surface area contributed by atoms with E-state index in [2.05, 4.69) is 4.18 Å². The van der Waals surface area contributed by atoms with Crippen molar-refractivity contribution in [1.82, 2.24) is 4.31 Å². The zero-order valence-electron chi connectivity index (χ0n) is 8.95. The van der Waals surface area contributed by atoms with Crippen LogP contribution >= 0.6 is 11.6 Å². The Morgan fingerprint density at radius 3 is 2.41 bits per heavy atom. The number of nitrogens with zero attached hydrogens (tertiary/aromatic N) is 2. The van der Waals surface area contributed by atoms with E-state index < -0.39 is 15.2 Å². The van der Waals surface area contributed by atoms with Gasteiger partial charge in [0.15, 0.2) is 5.75 Å². The topological polar surface area (TPSA) is 89.8 Å². The Labute approximate surface area is 103 Å². The van der Waals surface area contributed by atoms with Gasteiger partial charge in [0.05, 0.1) is 9.95 Å². The second kappa shape index (κ2) is 4.86. The summed E-state index contributed by atoms with van der Waals surface area (Å²) in [5, 5.41) is 10.3. The van der Waals surface area contributed by atoms with Gasteiger partial charge >= 0.3 is 10.3 Å².